The standard InChI is InChI=1S/C27H36N2O5/c1-27(2,3)34-26(33)29-13-12-20(18-8-6-5-7-9-18)24(29)23(30)15-17-10-11-21-19(14-17)16-22(25(31)32)28(21)4/h10-11,14,16,18,20,24H,5-9,12-13,15H2,1-4H3,(H,31,32)/t20-,24-/m0/s1. The van der Waals surface area contributed by atoms with Crippen molar-refractivity contribution in [3.05, 3.63) is 35.5 Å². The molecule has 0 bridgehead atoms. The Bertz CT molecular complexity index is 1090. The van der Waals surface area contributed by atoms with Crippen molar-refractivity contribution >= 4 is 28.7 Å². The molecule has 1 aromatic heterocycles. The van der Waals surface area contributed by atoms with Gasteiger partial charge in [0.2, 0.25) is 0 Å². The molecule has 184 valence electrons. The molecule has 2 aromatic rings. The number of hydrogen-bond acceptors (Lipinski definition) is 4. The molecule has 2 atom stereocenters. The van der Waals surface area contributed by atoms with Crippen molar-refractivity contribution in [1.29, 1.82) is 0 Å². The molecule has 7 nitrogen and oxygen atoms in total. The van der Waals surface area contributed by atoms with Crippen LogP contribution in [0.1, 0.15) is 75.3 Å². The Labute approximate surface area is 201 Å². The summed E-state index contributed by atoms with van der Waals surface area (Å²) in [5.74, 6) is -0.317. The number of ketones is 1. The third kappa shape index (κ3) is 4.98. The Kier molecular flexibility index (Phi) is 6.74. The lowest BCUT2D eigenvalue weighted by Gasteiger charge is -2.34. The van der Waals surface area contributed by atoms with E-state index in [-0.39, 0.29) is 23.8 Å². The molecule has 1 aromatic carbocycles. The van der Waals surface area contributed by atoms with Gasteiger partial charge in [-0.1, -0.05) is 38.2 Å². The zero-order valence-corrected chi connectivity index (χ0v) is 20.7. The van der Waals surface area contributed by atoms with Crippen LogP contribution in [0.15, 0.2) is 24.3 Å². The molecule has 1 aliphatic heterocycles. The molecule has 4 rings (SSSR count). The quantitative estimate of drug-likeness (QED) is 0.652. The molecule has 34 heavy (non-hydrogen) atoms. The van der Waals surface area contributed by atoms with E-state index < -0.39 is 23.7 Å². The van der Waals surface area contributed by atoms with Gasteiger partial charge in [0.1, 0.15) is 11.3 Å². The second-order valence-corrected chi connectivity index (χ2v) is 10.9. The fraction of sp³-hybridized carbons (Fsp3) is 0.593. The maximum absolute atomic E-state index is 13.7. The van der Waals surface area contributed by atoms with Crippen molar-refractivity contribution in [3.63, 3.8) is 0 Å². The number of ether oxygens (including phenoxy) is 1. The molecular weight excluding hydrogens is 432 g/mol. The number of benzene rings is 1. The van der Waals surface area contributed by atoms with E-state index in [9.17, 15) is 19.5 Å². The lowest BCUT2D eigenvalue weighted by molar-refractivity contribution is -0.124. The number of carboxylic acid groups (broad SMARTS) is 1. The highest BCUT2D eigenvalue weighted by Crippen LogP contribution is 2.40. The average Bonchev–Trinajstić information content (AvgIpc) is 3.35. The predicted molar refractivity (Wildman–Crippen MR) is 130 cm³/mol. The summed E-state index contributed by atoms with van der Waals surface area (Å²) in [5, 5.41) is 10.2. The topological polar surface area (TPSA) is 88.8 Å². The third-order valence-corrected chi connectivity index (χ3v) is 7.36. The zero-order valence-electron chi connectivity index (χ0n) is 20.7. The fourth-order valence-electron chi connectivity index (χ4n) is 5.83. The maximum atomic E-state index is 13.7. The highest BCUT2D eigenvalue weighted by Gasteiger charge is 2.46. The average molecular weight is 469 g/mol. The van der Waals surface area contributed by atoms with Crippen molar-refractivity contribution in [3.8, 4) is 0 Å². The van der Waals surface area contributed by atoms with Gasteiger partial charge in [0.05, 0.1) is 6.04 Å². The Morgan fingerprint density at radius 3 is 2.41 bits per heavy atom. The first-order valence-electron chi connectivity index (χ1n) is 12.4. The largest absolute Gasteiger partial charge is 0.477 e. The first-order chi connectivity index (χ1) is 16.0. The number of carboxylic acids is 1. The van der Waals surface area contributed by atoms with E-state index >= 15 is 0 Å². The van der Waals surface area contributed by atoms with E-state index in [0.717, 1.165) is 35.7 Å². The van der Waals surface area contributed by atoms with Gasteiger partial charge < -0.3 is 14.4 Å². The van der Waals surface area contributed by atoms with Gasteiger partial charge in [-0.2, -0.15) is 0 Å². The number of amides is 1. The molecule has 2 fully saturated rings. The highest BCUT2D eigenvalue weighted by atomic mass is 16.6. The third-order valence-electron chi connectivity index (χ3n) is 7.36. The zero-order chi connectivity index (χ0) is 24.6. The van der Waals surface area contributed by atoms with Crippen molar-refractivity contribution in [2.45, 2.75) is 77.4 Å². The van der Waals surface area contributed by atoms with Gasteiger partial charge in [-0.3, -0.25) is 9.69 Å². The lowest BCUT2D eigenvalue weighted by atomic mass is 9.75. The van der Waals surface area contributed by atoms with Crippen molar-refractivity contribution in [2.24, 2.45) is 18.9 Å². The van der Waals surface area contributed by atoms with E-state index in [1.807, 2.05) is 39.0 Å². The molecular formula is C27H36N2O5. The van der Waals surface area contributed by atoms with Crippen LogP contribution in [0.5, 0.6) is 0 Å². The number of likely N-dealkylation sites (tertiary alicyclic amines) is 1. The Balaban J connectivity index is 1.59. The number of aromatic nitrogens is 1. The molecule has 1 saturated heterocycles. The number of nitrogens with zero attached hydrogens (tertiary/aromatic N) is 2. The molecule has 1 amide bonds. The molecule has 7 heteroatoms. The summed E-state index contributed by atoms with van der Waals surface area (Å²) in [6.45, 7) is 6.08. The van der Waals surface area contributed by atoms with E-state index in [2.05, 4.69) is 0 Å². The number of aryl methyl sites for hydroxylation is 1. The molecule has 1 saturated carbocycles. The summed E-state index contributed by atoms with van der Waals surface area (Å²) in [7, 11) is 1.72. The van der Waals surface area contributed by atoms with E-state index in [1.165, 1.54) is 19.3 Å². The second-order valence-electron chi connectivity index (χ2n) is 10.9. The van der Waals surface area contributed by atoms with Crippen LogP contribution in [0.25, 0.3) is 10.9 Å². The minimum absolute atomic E-state index is 0.0349. The number of hydrogen-bond donors (Lipinski definition) is 1. The van der Waals surface area contributed by atoms with Crippen molar-refractivity contribution in [2.75, 3.05) is 6.54 Å². The van der Waals surface area contributed by atoms with Crippen LogP contribution in [0.3, 0.4) is 0 Å². The number of rotatable bonds is 5. The van der Waals surface area contributed by atoms with E-state index in [1.54, 1.807) is 22.6 Å². The second kappa shape index (κ2) is 9.43. The summed E-state index contributed by atoms with van der Waals surface area (Å²) in [6, 6.07) is 6.80. The summed E-state index contributed by atoms with van der Waals surface area (Å²) < 4.78 is 7.30. The van der Waals surface area contributed by atoms with Crippen LogP contribution in [-0.4, -0.2) is 50.6 Å². The Hall–Kier alpha value is -2.83. The molecule has 2 heterocycles. The first kappa shape index (κ1) is 24.3. The Morgan fingerprint density at radius 1 is 1.06 bits per heavy atom. The smallest absolute Gasteiger partial charge is 0.410 e. The van der Waals surface area contributed by atoms with Gasteiger partial charge in [0, 0.05) is 30.9 Å². The van der Waals surface area contributed by atoms with Crippen molar-refractivity contribution < 1.29 is 24.2 Å². The number of aromatic carboxylic acids is 1. The van der Waals surface area contributed by atoms with Crippen molar-refractivity contribution in [1.82, 2.24) is 9.47 Å². The van der Waals surface area contributed by atoms with Gasteiger partial charge in [-0.25, -0.2) is 9.59 Å². The first-order valence-corrected chi connectivity index (χ1v) is 12.4. The van der Waals surface area contributed by atoms with Gasteiger partial charge in [0.15, 0.2) is 5.78 Å². The van der Waals surface area contributed by atoms with Crippen LogP contribution in [0, 0.1) is 11.8 Å². The summed E-state index contributed by atoms with van der Waals surface area (Å²) >= 11 is 0. The fourth-order valence-corrected chi connectivity index (χ4v) is 5.83. The van der Waals surface area contributed by atoms with Gasteiger partial charge in [-0.15, -0.1) is 0 Å². The molecule has 0 unspecified atom stereocenters. The molecule has 2 aliphatic rings. The van der Waals surface area contributed by atoms with Crippen LogP contribution < -0.4 is 0 Å². The molecule has 1 aliphatic carbocycles. The predicted octanol–water partition coefficient (Wildman–Crippen LogP) is 5.19. The van der Waals surface area contributed by atoms with Crippen LogP contribution >= 0.6 is 0 Å². The summed E-state index contributed by atoms with van der Waals surface area (Å²) in [6.07, 6.45) is 6.48. The number of Topliss-reactive ketones (excluding diaryl/α,β-unsaturated/α-hetero) is 1. The van der Waals surface area contributed by atoms with E-state index in [4.69, 9.17) is 4.74 Å². The van der Waals surface area contributed by atoms with Crippen LogP contribution in [0.4, 0.5) is 4.79 Å². The molecule has 0 spiro atoms. The lowest BCUT2D eigenvalue weighted by Crippen LogP contribution is -2.47. The van der Waals surface area contributed by atoms with Gasteiger partial charge >= 0.3 is 12.1 Å². The Morgan fingerprint density at radius 2 is 1.76 bits per heavy atom. The van der Waals surface area contributed by atoms with E-state index in [0.29, 0.717) is 12.5 Å². The van der Waals surface area contributed by atoms with Crippen LogP contribution in [0.2, 0.25) is 0 Å². The SMILES string of the molecule is Cn1c(C(=O)O)cc2cc(CC(=O)[C@@H]3[C@H](C4CCCCC4)CCN3C(=O)OC(C)(C)C)ccc21. The molecule has 0 radical (unpaired) electrons. The molecule has 1 N–H and O–H groups in total. The number of carbonyl (C=O) groups excluding carboxylic acids is 2. The highest BCUT2D eigenvalue weighted by molar-refractivity contribution is 5.95. The minimum atomic E-state index is -0.981. The summed E-state index contributed by atoms with van der Waals surface area (Å²) in [4.78, 5) is 39.9. The summed E-state index contributed by atoms with van der Waals surface area (Å²) in [5.41, 5.74) is 1.24. The normalized spacial score (nSPS) is 21.7. The minimum Gasteiger partial charge on any atom is -0.477 e. The monoisotopic (exact) mass is 468 g/mol. The van der Waals surface area contributed by atoms with Gasteiger partial charge in [0.25, 0.3) is 0 Å². The van der Waals surface area contributed by atoms with Crippen LogP contribution in [-0.2, 0) is 23.0 Å². The number of fused-ring (bicyclic) bond motifs is 1. The van der Waals surface area contributed by atoms with Gasteiger partial charge in [-0.05, 0) is 62.8 Å². The maximum Gasteiger partial charge on any atom is 0.410 e. The number of carbonyl (C=O) groups is 3.